The third-order valence-corrected chi connectivity index (χ3v) is 19.4. The van der Waals surface area contributed by atoms with Crippen LogP contribution in [0.25, 0.3) is 87.8 Å². The predicted octanol–water partition coefficient (Wildman–Crippen LogP) is 25.5. The molecule has 97 heavy (non-hydrogen) atoms. The number of hydrogen-bond acceptors (Lipinski definition) is 5. The summed E-state index contributed by atoms with van der Waals surface area (Å²) in [5.41, 5.74) is 22.1. The molecule has 0 bridgehead atoms. The van der Waals surface area contributed by atoms with E-state index in [1.54, 1.807) is 0 Å². The van der Waals surface area contributed by atoms with Gasteiger partial charge in [-0.15, -0.1) is 48.3 Å². The van der Waals surface area contributed by atoms with Gasteiger partial charge < -0.3 is 23.5 Å². The van der Waals surface area contributed by atoms with Crippen molar-refractivity contribution in [3.63, 3.8) is 0 Å². The van der Waals surface area contributed by atoms with Crippen molar-refractivity contribution in [2.75, 3.05) is 9.80 Å². The van der Waals surface area contributed by atoms with Crippen LogP contribution in [0.2, 0.25) is 0 Å². The van der Waals surface area contributed by atoms with Crippen LogP contribution in [0.1, 0.15) is 184 Å². The number of nitrogens with zero attached hydrogens (tertiary/aromatic N) is 5. The summed E-state index contributed by atoms with van der Waals surface area (Å²) in [6.07, 6.45) is 1.90. The van der Waals surface area contributed by atoms with Gasteiger partial charge in [0.1, 0.15) is 17.0 Å². The van der Waals surface area contributed by atoms with Gasteiger partial charge in [-0.05, 0) is 135 Å². The summed E-state index contributed by atoms with van der Waals surface area (Å²) >= 11 is 0. The van der Waals surface area contributed by atoms with Crippen molar-refractivity contribution in [2.24, 2.45) is 0 Å². The molecule has 0 saturated heterocycles. The number of pyridine rings is 1. The maximum Gasteiger partial charge on any atom is 0.229 e. The zero-order valence-electron chi connectivity index (χ0n) is 60.6. The van der Waals surface area contributed by atoms with Crippen molar-refractivity contribution in [2.45, 2.75) is 183 Å². The maximum absolute atomic E-state index is 8.06. The van der Waals surface area contributed by atoms with Gasteiger partial charge in [-0.25, -0.2) is 9.83 Å². The number of hydrogen-bond donors (Lipinski definition) is 0. The molecule has 0 amide bonds. The van der Waals surface area contributed by atoms with E-state index < -0.39 is 0 Å². The van der Waals surface area contributed by atoms with Crippen molar-refractivity contribution >= 4 is 72.2 Å². The molecule has 498 valence electrons. The molecular formula is C89H92N5O2Pt-3. The molecule has 7 nitrogen and oxygen atoms in total. The van der Waals surface area contributed by atoms with Crippen LogP contribution in [0, 0.1) is 25.4 Å². The van der Waals surface area contributed by atoms with Crippen LogP contribution in [0.4, 0.5) is 28.4 Å². The number of para-hydroxylation sites is 4. The van der Waals surface area contributed by atoms with E-state index in [1.807, 2.05) is 30.5 Å². The fraction of sp³-hybridized carbons (Fsp3) is 0.315. The molecule has 0 fully saturated rings. The number of rotatable bonds is 8. The normalized spacial score (nSPS) is 13.4. The third-order valence-electron chi connectivity index (χ3n) is 19.4. The minimum absolute atomic E-state index is 0. The first-order valence-electron chi connectivity index (χ1n) is 34.0. The summed E-state index contributed by atoms with van der Waals surface area (Å²) in [5.74, 6) is 1.80. The summed E-state index contributed by atoms with van der Waals surface area (Å²) in [6, 6.07) is 67.8. The number of ether oxygens (including phenoxy) is 1. The first kappa shape index (κ1) is 68.3. The number of furan rings is 1. The Labute approximate surface area is 591 Å². The number of benzene rings is 9. The average molecular weight is 1460 g/mol. The van der Waals surface area contributed by atoms with Gasteiger partial charge in [-0.3, -0.25) is 0 Å². The van der Waals surface area contributed by atoms with Gasteiger partial charge in [0.05, 0.1) is 6.57 Å². The van der Waals surface area contributed by atoms with Crippen molar-refractivity contribution in [1.82, 2.24) is 9.55 Å². The Morgan fingerprint density at radius 3 is 1.51 bits per heavy atom. The second kappa shape index (κ2) is 24.1. The topological polar surface area (TPSA) is 51.0 Å². The predicted molar refractivity (Wildman–Crippen MR) is 405 cm³/mol. The summed E-state index contributed by atoms with van der Waals surface area (Å²) in [4.78, 5) is 13.7. The van der Waals surface area contributed by atoms with Crippen LogP contribution < -0.4 is 14.5 Å². The number of fused-ring (bicyclic) bond motifs is 8. The zero-order chi connectivity index (χ0) is 68.7. The molecule has 9 aromatic carbocycles. The van der Waals surface area contributed by atoms with E-state index in [0.717, 1.165) is 83.4 Å². The second-order valence-electron chi connectivity index (χ2n) is 33.9. The Morgan fingerprint density at radius 1 is 0.454 bits per heavy atom. The first-order chi connectivity index (χ1) is 44.9. The van der Waals surface area contributed by atoms with E-state index in [4.69, 9.17) is 20.7 Å². The van der Waals surface area contributed by atoms with E-state index in [9.17, 15) is 0 Å². The minimum Gasteiger partial charge on any atom is -0.509 e. The molecule has 0 aliphatic carbocycles. The van der Waals surface area contributed by atoms with Crippen LogP contribution in [-0.2, 0) is 59.0 Å². The minimum atomic E-state index is -0.220. The third kappa shape index (κ3) is 12.6. The fourth-order valence-electron chi connectivity index (χ4n) is 13.8. The van der Waals surface area contributed by atoms with E-state index >= 15 is 0 Å². The molecule has 0 unspecified atom stereocenters. The first-order valence-corrected chi connectivity index (χ1v) is 34.0. The Morgan fingerprint density at radius 2 is 0.969 bits per heavy atom. The van der Waals surface area contributed by atoms with Crippen molar-refractivity contribution in [3.8, 4) is 50.7 Å². The van der Waals surface area contributed by atoms with E-state index in [1.165, 1.54) is 50.1 Å². The van der Waals surface area contributed by atoms with Crippen molar-refractivity contribution in [3.05, 3.63) is 239 Å². The molecular weight excluding hydrogens is 1370 g/mol. The fourth-order valence-corrected chi connectivity index (χ4v) is 13.8. The largest absolute Gasteiger partial charge is 0.509 e. The molecule has 0 N–H and O–H groups in total. The van der Waals surface area contributed by atoms with Gasteiger partial charge in [0.25, 0.3) is 0 Å². The standard InChI is InChI=1S/C89H92N5O2.Pt/c1-83(2,3)57-40-41-91-77(50-57)94-75-39-38-68-67-30-26-33-72(90-22)81(67)96-82(68)79(75)69-37-36-63(52-76(69)94)95-64-47-56(78-70(88(16,17)18)31-27-32-71(78)89(19,20)21)46-62(51-64)92-53-93(74-35-24-23-34-73(74)92)80-65(54-42-58(84(4,5)6)48-59(43-54)85(7,8)9)28-25-29-66(80)55-44-60(86(10,11)12)49-61(45-55)87(13,14)15;/h23-50,53H,1-21H3;/q-3;. The van der Waals surface area contributed by atoms with Crippen LogP contribution in [0.5, 0.6) is 11.5 Å². The summed E-state index contributed by atoms with van der Waals surface area (Å²) in [7, 11) is 0. The number of anilines is 4. The smallest absolute Gasteiger partial charge is 0.229 e. The van der Waals surface area contributed by atoms with Crippen LogP contribution >= 0.6 is 0 Å². The van der Waals surface area contributed by atoms with Crippen molar-refractivity contribution in [1.29, 1.82) is 0 Å². The van der Waals surface area contributed by atoms with E-state index in [-0.39, 0.29) is 59.0 Å². The molecule has 1 aliphatic rings. The molecule has 0 radical (unpaired) electrons. The Hall–Kier alpha value is -8.69. The van der Waals surface area contributed by atoms with Crippen LogP contribution in [0.3, 0.4) is 0 Å². The van der Waals surface area contributed by atoms with E-state index in [0.29, 0.717) is 28.4 Å². The van der Waals surface area contributed by atoms with Gasteiger partial charge in [0.15, 0.2) is 0 Å². The molecule has 12 aromatic rings. The molecule has 0 saturated carbocycles. The molecule has 1 aliphatic heterocycles. The number of aromatic nitrogens is 2. The summed E-state index contributed by atoms with van der Waals surface area (Å²) in [5, 5.41) is 3.67. The van der Waals surface area contributed by atoms with Crippen LogP contribution in [0.15, 0.2) is 174 Å². The monoisotopic (exact) mass is 1460 g/mol. The van der Waals surface area contributed by atoms with Gasteiger partial charge in [0, 0.05) is 83.2 Å². The van der Waals surface area contributed by atoms with Crippen LogP contribution in [-0.4, -0.2) is 9.55 Å². The van der Waals surface area contributed by atoms with Gasteiger partial charge in [-0.1, -0.05) is 259 Å². The molecule has 0 spiro atoms. The Bertz CT molecular complexity index is 4940. The molecule has 3 aromatic heterocycles. The van der Waals surface area contributed by atoms with Crippen molar-refractivity contribution < 1.29 is 30.2 Å². The summed E-state index contributed by atoms with van der Waals surface area (Å²) in [6.45, 7) is 58.8. The average Bonchev–Trinajstić information content (AvgIpc) is 1.58. The van der Waals surface area contributed by atoms with Gasteiger partial charge in [-0.2, -0.15) is 6.07 Å². The second-order valence-corrected chi connectivity index (χ2v) is 33.9. The Balaban J connectivity index is 0.00000897. The summed E-state index contributed by atoms with van der Waals surface area (Å²) < 4.78 is 16.4. The molecule has 8 heteroatoms. The van der Waals surface area contributed by atoms with Gasteiger partial charge >= 0.3 is 0 Å². The zero-order valence-corrected chi connectivity index (χ0v) is 62.9. The molecule has 13 rings (SSSR count). The SMILES string of the molecule is [C-]#[N+]c1cccc2c1oc1c2ccc2c1c1ccc(Oc3[c-]c(N4[CH-]N(c5c(-c6cc(C(C)(C)C)cc(C(C)(C)C)c6)cccc5-c5cc(C(C)(C)C)cc(C(C)(C)C)c5)c5ccccc54)cc(-c4c(C(C)(C)C)cccc4C(C)(C)C)c3)[c-]c1n2-c1cc(C(C)(C)C)ccn1.[Pt]. The molecule has 4 heterocycles. The Kier molecular flexibility index (Phi) is 17.0. The quantitative estimate of drug-likeness (QED) is 0.142. The van der Waals surface area contributed by atoms with E-state index in [2.05, 4.69) is 323 Å². The maximum atomic E-state index is 8.06. The van der Waals surface area contributed by atoms with Gasteiger partial charge in [0.2, 0.25) is 5.69 Å². The molecule has 0 atom stereocenters.